The lowest BCUT2D eigenvalue weighted by Gasteiger charge is -2.41. The van der Waals surface area contributed by atoms with Crippen LogP contribution in [0.5, 0.6) is 17.2 Å². The third kappa shape index (κ3) is 4.46. The SMILES string of the molecule is O=C(N1CCOCC1)N1CCC(c2ccc(F)cc2)C(COc2ccc3c(c2)OCO3)C1. The van der Waals surface area contributed by atoms with Crippen molar-refractivity contribution in [2.24, 2.45) is 5.92 Å². The van der Waals surface area contributed by atoms with Gasteiger partial charge < -0.3 is 28.7 Å². The second-order valence-corrected chi connectivity index (χ2v) is 8.36. The van der Waals surface area contributed by atoms with E-state index in [2.05, 4.69) is 0 Å². The first-order chi connectivity index (χ1) is 15.7. The van der Waals surface area contributed by atoms with Crippen LogP contribution in [0, 0.1) is 11.7 Å². The monoisotopic (exact) mass is 442 g/mol. The van der Waals surface area contributed by atoms with Crippen molar-refractivity contribution in [3.05, 3.63) is 53.8 Å². The highest BCUT2D eigenvalue weighted by Crippen LogP contribution is 2.37. The van der Waals surface area contributed by atoms with Gasteiger partial charge >= 0.3 is 6.03 Å². The van der Waals surface area contributed by atoms with Crippen LogP contribution < -0.4 is 14.2 Å². The van der Waals surface area contributed by atoms with E-state index in [1.807, 2.05) is 40.1 Å². The summed E-state index contributed by atoms with van der Waals surface area (Å²) in [6, 6.07) is 12.3. The summed E-state index contributed by atoms with van der Waals surface area (Å²) in [4.78, 5) is 16.8. The first-order valence-corrected chi connectivity index (χ1v) is 11.1. The molecule has 3 aliphatic heterocycles. The fourth-order valence-corrected chi connectivity index (χ4v) is 4.65. The number of hydrogen-bond donors (Lipinski definition) is 0. The van der Waals surface area contributed by atoms with Crippen LogP contribution in [0.25, 0.3) is 0 Å². The van der Waals surface area contributed by atoms with E-state index in [0.717, 1.165) is 12.0 Å². The van der Waals surface area contributed by atoms with Crippen molar-refractivity contribution in [2.45, 2.75) is 12.3 Å². The van der Waals surface area contributed by atoms with E-state index < -0.39 is 0 Å². The average Bonchev–Trinajstić information content (AvgIpc) is 3.31. The van der Waals surface area contributed by atoms with Crippen LogP contribution in [0.4, 0.5) is 9.18 Å². The van der Waals surface area contributed by atoms with Crippen molar-refractivity contribution in [3.8, 4) is 17.2 Å². The maximum Gasteiger partial charge on any atom is 0.320 e. The second kappa shape index (κ2) is 9.24. The third-order valence-electron chi connectivity index (χ3n) is 6.39. The van der Waals surface area contributed by atoms with Gasteiger partial charge in [0.25, 0.3) is 0 Å². The molecule has 170 valence electrons. The van der Waals surface area contributed by atoms with Gasteiger partial charge in [-0.25, -0.2) is 9.18 Å². The number of fused-ring (bicyclic) bond motifs is 1. The molecule has 2 unspecified atom stereocenters. The molecule has 0 aliphatic carbocycles. The number of halogens is 1. The Balaban J connectivity index is 1.31. The summed E-state index contributed by atoms with van der Waals surface area (Å²) in [5.41, 5.74) is 1.07. The number of ether oxygens (including phenoxy) is 4. The highest BCUT2D eigenvalue weighted by molar-refractivity contribution is 5.74. The Morgan fingerprint density at radius 3 is 2.59 bits per heavy atom. The Labute approximate surface area is 186 Å². The predicted molar refractivity (Wildman–Crippen MR) is 115 cm³/mol. The maximum absolute atomic E-state index is 13.5. The van der Waals surface area contributed by atoms with Gasteiger partial charge in [-0.3, -0.25) is 0 Å². The van der Waals surface area contributed by atoms with Crippen molar-refractivity contribution in [3.63, 3.8) is 0 Å². The van der Waals surface area contributed by atoms with Crippen molar-refractivity contribution in [1.29, 1.82) is 0 Å². The third-order valence-corrected chi connectivity index (χ3v) is 6.39. The van der Waals surface area contributed by atoms with E-state index in [0.29, 0.717) is 63.2 Å². The molecule has 0 N–H and O–H groups in total. The second-order valence-electron chi connectivity index (χ2n) is 8.36. The van der Waals surface area contributed by atoms with Crippen molar-refractivity contribution in [2.75, 3.05) is 52.8 Å². The molecule has 2 fully saturated rings. The quantitative estimate of drug-likeness (QED) is 0.726. The first kappa shape index (κ1) is 20.9. The number of piperidine rings is 1. The summed E-state index contributed by atoms with van der Waals surface area (Å²) in [6.07, 6.45) is 0.802. The number of amides is 2. The van der Waals surface area contributed by atoms with Gasteiger partial charge in [0.15, 0.2) is 11.5 Å². The van der Waals surface area contributed by atoms with E-state index in [9.17, 15) is 9.18 Å². The highest BCUT2D eigenvalue weighted by atomic mass is 19.1. The number of benzene rings is 2. The molecule has 2 aromatic rings. The van der Waals surface area contributed by atoms with Gasteiger partial charge in [0.1, 0.15) is 11.6 Å². The fourth-order valence-electron chi connectivity index (χ4n) is 4.65. The molecule has 2 aromatic carbocycles. The lowest BCUT2D eigenvalue weighted by Crippen LogP contribution is -2.52. The van der Waals surface area contributed by atoms with E-state index in [-0.39, 0.29) is 30.5 Å². The standard InChI is InChI=1S/C24H27FN2O5/c25-19-3-1-17(2-4-19)21-7-8-27(24(28)26-9-11-29-12-10-26)14-18(21)15-30-20-5-6-22-23(13-20)32-16-31-22/h1-6,13,18,21H,7-12,14-16H2. The van der Waals surface area contributed by atoms with Crippen LogP contribution >= 0.6 is 0 Å². The molecule has 2 atom stereocenters. The molecule has 7 nitrogen and oxygen atoms in total. The smallest absolute Gasteiger partial charge is 0.320 e. The van der Waals surface area contributed by atoms with E-state index in [1.54, 1.807) is 0 Å². The number of carbonyl (C=O) groups is 1. The Hall–Kier alpha value is -3.00. The fraction of sp³-hybridized carbons (Fsp3) is 0.458. The van der Waals surface area contributed by atoms with E-state index >= 15 is 0 Å². The Bertz CT molecular complexity index is 948. The van der Waals surface area contributed by atoms with Crippen LogP contribution in [0.1, 0.15) is 17.9 Å². The van der Waals surface area contributed by atoms with Gasteiger partial charge in [-0.15, -0.1) is 0 Å². The number of nitrogens with zero attached hydrogens (tertiary/aromatic N) is 2. The molecule has 8 heteroatoms. The average molecular weight is 442 g/mol. The largest absolute Gasteiger partial charge is 0.493 e. The van der Waals surface area contributed by atoms with Crippen LogP contribution in [0.2, 0.25) is 0 Å². The minimum absolute atomic E-state index is 0.0546. The molecule has 3 aliphatic rings. The molecule has 2 saturated heterocycles. The molecule has 0 saturated carbocycles. The van der Waals surface area contributed by atoms with Crippen LogP contribution in [-0.4, -0.2) is 68.6 Å². The summed E-state index contributed by atoms with van der Waals surface area (Å²) in [5, 5.41) is 0. The Morgan fingerprint density at radius 1 is 1.00 bits per heavy atom. The zero-order valence-electron chi connectivity index (χ0n) is 17.9. The van der Waals surface area contributed by atoms with Crippen LogP contribution in [0.15, 0.2) is 42.5 Å². The minimum Gasteiger partial charge on any atom is -0.493 e. The van der Waals surface area contributed by atoms with Gasteiger partial charge in [0.2, 0.25) is 6.79 Å². The summed E-state index contributed by atoms with van der Waals surface area (Å²) in [6.45, 7) is 4.30. The minimum atomic E-state index is -0.248. The van der Waals surface area contributed by atoms with Crippen LogP contribution in [-0.2, 0) is 4.74 Å². The number of urea groups is 1. The van der Waals surface area contributed by atoms with Crippen LogP contribution in [0.3, 0.4) is 0 Å². The van der Waals surface area contributed by atoms with Gasteiger partial charge in [-0.1, -0.05) is 12.1 Å². The maximum atomic E-state index is 13.5. The molecule has 2 amide bonds. The first-order valence-electron chi connectivity index (χ1n) is 11.1. The normalized spacial score (nSPS) is 22.7. The van der Waals surface area contributed by atoms with Crippen molar-refractivity contribution < 1.29 is 28.1 Å². The molecule has 5 rings (SSSR count). The number of likely N-dealkylation sites (tertiary alicyclic amines) is 1. The molecular formula is C24H27FN2O5. The number of hydrogen-bond acceptors (Lipinski definition) is 5. The molecule has 0 radical (unpaired) electrons. The number of rotatable bonds is 4. The van der Waals surface area contributed by atoms with Crippen molar-refractivity contribution in [1.82, 2.24) is 9.80 Å². The zero-order valence-corrected chi connectivity index (χ0v) is 17.9. The molecule has 0 bridgehead atoms. The predicted octanol–water partition coefficient (Wildman–Crippen LogP) is 3.49. The molecule has 32 heavy (non-hydrogen) atoms. The van der Waals surface area contributed by atoms with E-state index in [4.69, 9.17) is 18.9 Å². The van der Waals surface area contributed by atoms with Gasteiger partial charge in [-0.05, 0) is 42.2 Å². The molecule has 0 spiro atoms. The summed E-state index contributed by atoms with van der Waals surface area (Å²) in [7, 11) is 0. The Kier molecular flexibility index (Phi) is 6.03. The van der Waals surface area contributed by atoms with Crippen molar-refractivity contribution >= 4 is 6.03 Å². The lowest BCUT2D eigenvalue weighted by atomic mass is 9.81. The number of morpholine rings is 1. The van der Waals surface area contributed by atoms with Gasteiger partial charge in [0, 0.05) is 38.2 Å². The topological polar surface area (TPSA) is 60.5 Å². The number of carbonyl (C=O) groups excluding carboxylic acids is 1. The summed E-state index contributed by atoms with van der Waals surface area (Å²) < 4.78 is 35.8. The van der Waals surface area contributed by atoms with Gasteiger partial charge in [-0.2, -0.15) is 0 Å². The molecule has 0 aromatic heterocycles. The molecule has 3 heterocycles. The summed E-state index contributed by atoms with van der Waals surface area (Å²) >= 11 is 0. The lowest BCUT2D eigenvalue weighted by molar-refractivity contribution is 0.0355. The zero-order chi connectivity index (χ0) is 21.9. The van der Waals surface area contributed by atoms with Gasteiger partial charge in [0.05, 0.1) is 19.8 Å². The summed E-state index contributed by atoms with van der Waals surface area (Å²) in [5.74, 6) is 2.08. The van der Waals surface area contributed by atoms with E-state index in [1.165, 1.54) is 12.1 Å². The Morgan fingerprint density at radius 2 is 1.78 bits per heavy atom. The highest BCUT2D eigenvalue weighted by Gasteiger charge is 2.35. The molecular weight excluding hydrogens is 415 g/mol.